The summed E-state index contributed by atoms with van der Waals surface area (Å²) in [4.78, 5) is 33.6. The second kappa shape index (κ2) is 11.6. The number of alkyl halides is 3. The molecule has 0 aliphatic heterocycles. The summed E-state index contributed by atoms with van der Waals surface area (Å²) in [5.74, 6) is -2.40. The molecule has 0 spiro atoms. The number of nitrogens with one attached hydrogen (secondary N) is 2. The molecule has 3 rings (SSSR count). The number of anilines is 1. The molecule has 36 heavy (non-hydrogen) atoms. The molecule has 5 N–H and O–H groups in total. The van der Waals surface area contributed by atoms with E-state index in [1.807, 2.05) is 0 Å². The van der Waals surface area contributed by atoms with Gasteiger partial charge in [-0.25, -0.2) is 9.78 Å². The number of carboxylic acid groups (broad SMARTS) is 1. The molecule has 1 aliphatic carbocycles. The summed E-state index contributed by atoms with van der Waals surface area (Å²) < 4.78 is 33.4. The van der Waals surface area contributed by atoms with Gasteiger partial charge in [0.1, 0.15) is 12.2 Å². The summed E-state index contributed by atoms with van der Waals surface area (Å²) in [6.45, 7) is 8.92. The number of imidazole rings is 1. The number of halogens is 4. The van der Waals surface area contributed by atoms with E-state index in [-0.39, 0.29) is 16.6 Å². The summed E-state index contributed by atoms with van der Waals surface area (Å²) >= 11 is 6.14. The van der Waals surface area contributed by atoms with Crippen molar-refractivity contribution in [3.8, 4) is 0 Å². The lowest BCUT2D eigenvalue weighted by atomic mass is 9.92. The molecule has 2 aromatic heterocycles. The van der Waals surface area contributed by atoms with Gasteiger partial charge in [-0.2, -0.15) is 23.1 Å². The number of aliphatic hydroxyl groups excluding tert-OH is 2. The molecule has 0 unspecified atom stereocenters. The lowest BCUT2D eigenvalue weighted by Gasteiger charge is -2.19. The highest BCUT2D eigenvalue weighted by atomic mass is 35.5. The smallest absolute Gasteiger partial charge is 0.475 e. The van der Waals surface area contributed by atoms with Crippen molar-refractivity contribution in [3.63, 3.8) is 0 Å². The lowest BCUT2D eigenvalue weighted by molar-refractivity contribution is -0.192. The highest BCUT2D eigenvalue weighted by molar-refractivity contribution is 6.28. The summed E-state index contributed by atoms with van der Waals surface area (Å²) in [5.41, 5.74) is 1.19. The lowest BCUT2D eigenvalue weighted by Crippen LogP contribution is -2.42. The number of aliphatic carboxylic acids is 1. The molecule has 2 aromatic rings. The first kappa shape index (κ1) is 29.5. The Morgan fingerprint density at radius 3 is 2.33 bits per heavy atom. The molecule has 202 valence electrons. The van der Waals surface area contributed by atoms with Crippen molar-refractivity contribution >= 4 is 40.5 Å². The zero-order chi connectivity index (χ0) is 27.4. The highest BCUT2D eigenvalue weighted by Crippen LogP contribution is 2.34. The van der Waals surface area contributed by atoms with Gasteiger partial charge in [-0.15, -0.1) is 0 Å². The van der Waals surface area contributed by atoms with Crippen LogP contribution in [0.5, 0.6) is 0 Å². The SMILES string of the molecule is CCC(=O)N[C@H]1C[C@@H](n2cnc3c(NCCC(C)(C)C)nc(Cl)nc32)[C@H](O)[C@@H]1O.O=C(O)C(F)(F)F. The maximum Gasteiger partial charge on any atom is 0.490 e. The molecule has 0 bridgehead atoms. The van der Waals surface area contributed by atoms with E-state index in [0.29, 0.717) is 36.4 Å². The fourth-order valence-electron chi connectivity index (χ4n) is 3.55. The van der Waals surface area contributed by atoms with E-state index < -0.39 is 36.4 Å². The van der Waals surface area contributed by atoms with E-state index in [9.17, 15) is 28.2 Å². The molecule has 15 heteroatoms. The molecule has 1 saturated carbocycles. The van der Waals surface area contributed by atoms with Crippen molar-refractivity contribution in [1.29, 1.82) is 0 Å². The first-order chi connectivity index (χ1) is 16.5. The zero-order valence-corrected chi connectivity index (χ0v) is 20.9. The predicted molar refractivity (Wildman–Crippen MR) is 124 cm³/mol. The molecule has 4 atom stereocenters. The van der Waals surface area contributed by atoms with E-state index in [1.54, 1.807) is 17.8 Å². The quantitative estimate of drug-likeness (QED) is 0.348. The van der Waals surface area contributed by atoms with Gasteiger partial charge in [0.05, 0.1) is 18.4 Å². The van der Waals surface area contributed by atoms with Crippen LogP contribution in [0.4, 0.5) is 19.0 Å². The van der Waals surface area contributed by atoms with Gasteiger partial charge in [0.2, 0.25) is 11.2 Å². The minimum Gasteiger partial charge on any atom is -0.475 e. The average Bonchev–Trinajstić information content (AvgIpc) is 3.28. The van der Waals surface area contributed by atoms with Crippen LogP contribution in [0.25, 0.3) is 11.2 Å². The topological polar surface area (TPSA) is 162 Å². The van der Waals surface area contributed by atoms with Gasteiger partial charge in [0, 0.05) is 13.0 Å². The molecule has 0 saturated heterocycles. The third-order valence-electron chi connectivity index (χ3n) is 5.48. The van der Waals surface area contributed by atoms with E-state index in [4.69, 9.17) is 21.5 Å². The van der Waals surface area contributed by atoms with Gasteiger partial charge >= 0.3 is 12.1 Å². The molecule has 1 aliphatic rings. The Morgan fingerprint density at radius 2 is 1.81 bits per heavy atom. The second-order valence-electron chi connectivity index (χ2n) is 9.52. The van der Waals surface area contributed by atoms with Crippen LogP contribution in [0.3, 0.4) is 0 Å². The molecule has 0 aromatic carbocycles. The van der Waals surface area contributed by atoms with Crippen LogP contribution in [-0.2, 0) is 9.59 Å². The zero-order valence-electron chi connectivity index (χ0n) is 20.2. The molecule has 1 amide bonds. The highest BCUT2D eigenvalue weighted by Gasteiger charge is 2.43. The van der Waals surface area contributed by atoms with E-state index in [1.165, 1.54) is 0 Å². The third-order valence-corrected chi connectivity index (χ3v) is 5.65. The number of carbonyl (C=O) groups excluding carboxylic acids is 1. The standard InChI is InChI=1S/C19H29ClN6O3.C2HF3O2/c1-5-12(27)23-10-8-11(15(29)14(10)28)26-9-22-13-16(21-7-6-19(2,3)4)24-18(20)25-17(13)26;3-2(4,5)1(6)7/h9-11,14-15,28-29H,5-8H2,1-4H3,(H,23,27)(H,21,24,25);(H,6,7)/t10-,11+,14+,15-;/m0./s1. The Hall–Kier alpha value is -2.71. The van der Waals surface area contributed by atoms with Gasteiger partial charge in [-0.05, 0) is 29.9 Å². The number of hydrogen-bond donors (Lipinski definition) is 5. The number of carboxylic acids is 1. The number of aromatic nitrogens is 4. The number of fused-ring (bicyclic) bond motifs is 1. The number of carbonyl (C=O) groups is 2. The van der Waals surface area contributed by atoms with Crippen LogP contribution < -0.4 is 10.6 Å². The molecule has 11 nitrogen and oxygen atoms in total. The summed E-state index contributed by atoms with van der Waals surface area (Å²) in [5, 5.41) is 34.2. The van der Waals surface area contributed by atoms with Gasteiger partial charge in [0.25, 0.3) is 0 Å². The fourth-order valence-corrected chi connectivity index (χ4v) is 3.71. The Bertz CT molecular complexity index is 1070. The number of rotatable bonds is 6. The monoisotopic (exact) mass is 538 g/mol. The Morgan fingerprint density at radius 1 is 1.19 bits per heavy atom. The van der Waals surface area contributed by atoms with Gasteiger partial charge in [-0.3, -0.25) is 4.79 Å². The number of hydrogen-bond acceptors (Lipinski definition) is 8. The minimum atomic E-state index is -5.08. The molecule has 0 radical (unpaired) electrons. The van der Waals surface area contributed by atoms with Crippen molar-refractivity contribution < 1.29 is 38.1 Å². The van der Waals surface area contributed by atoms with Crippen LogP contribution in [0.2, 0.25) is 5.28 Å². The normalized spacial score (nSPS) is 22.2. The van der Waals surface area contributed by atoms with Gasteiger partial charge in [0.15, 0.2) is 17.0 Å². The molecular weight excluding hydrogens is 509 g/mol. The molecule has 1 fully saturated rings. The van der Waals surface area contributed by atoms with Crippen LogP contribution >= 0.6 is 11.6 Å². The van der Waals surface area contributed by atoms with Crippen molar-refractivity contribution in [2.45, 2.75) is 77.4 Å². The fraction of sp³-hybridized carbons (Fsp3) is 0.667. The van der Waals surface area contributed by atoms with Crippen molar-refractivity contribution in [2.75, 3.05) is 11.9 Å². The predicted octanol–water partition coefficient (Wildman–Crippen LogP) is 2.52. The first-order valence-corrected chi connectivity index (χ1v) is 11.5. The third kappa shape index (κ3) is 7.64. The Balaban J connectivity index is 0.000000572. The van der Waals surface area contributed by atoms with Crippen molar-refractivity contribution in [1.82, 2.24) is 24.8 Å². The minimum absolute atomic E-state index is 0.0707. The van der Waals surface area contributed by atoms with E-state index in [2.05, 4.69) is 46.4 Å². The van der Waals surface area contributed by atoms with Crippen LogP contribution in [0.15, 0.2) is 6.33 Å². The average molecular weight is 539 g/mol. The largest absolute Gasteiger partial charge is 0.490 e. The summed E-state index contributed by atoms with van der Waals surface area (Å²) in [6, 6.07) is -1.04. The Labute approximate surface area is 210 Å². The van der Waals surface area contributed by atoms with Gasteiger partial charge in [-0.1, -0.05) is 27.7 Å². The second-order valence-corrected chi connectivity index (χ2v) is 9.86. The first-order valence-electron chi connectivity index (χ1n) is 11.1. The van der Waals surface area contributed by atoms with Crippen LogP contribution in [0, 0.1) is 5.41 Å². The maximum atomic E-state index is 11.7. The summed E-state index contributed by atoms with van der Waals surface area (Å²) in [7, 11) is 0. The van der Waals surface area contributed by atoms with Crippen molar-refractivity contribution in [2.24, 2.45) is 5.41 Å². The van der Waals surface area contributed by atoms with Crippen LogP contribution in [-0.4, -0.2) is 77.7 Å². The maximum absolute atomic E-state index is 11.7. The van der Waals surface area contributed by atoms with Gasteiger partial charge < -0.3 is 30.5 Å². The summed E-state index contributed by atoms with van der Waals surface area (Å²) in [6.07, 6.45) is -4.06. The molecule has 2 heterocycles. The van der Waals surface area contributed by atoms with Crippen molar-refractivity contribution in [3.05, 3.63) is 11.6 Å². The number of amides is 1. The number of aliphatic hydroxyl groups is 2. The van der Waals surface area contributed by atoms with E-state index >= 15 is 0 Å². The van der Waals surface area contributed by atoms with Crippen LogP contribution in [0.1, 0.15) is 53.0 Å². The molecular formula is C21H30ClF3N6O5. The number of nitrogens with zero attached hydrogens (tertiary/aromatic N) is 4. The Kier molecular flexibility index (Phi) is 9.48. The van der Waals surface area contributed by atoms with E-state index in [0.717, 1.165) is 6.42 Å².